The number of aromatic hydroxyl groups is 1. The average molecular weight is 388 g/mol. The summed E-state index contributed by atoms with van der Waals surface area (Å²) in [5.41, 5.74) is 1.17. The van der Waals surface area contributed by atoms with E-state index in [1.165, 1.54) is 24.5 Å². The summed E-state index contributed by atoms with van der Waals surface area (Å²) < 4.78 is 16.2. The van der Waals surface area contributed by atoms with Crippen LogP contribution in [-0.4, -0.2) is 11.1 Å². The molecule has 144 valence electrons. The van der Waals surface area contributed by atoms with Gasteiger partial charge >= 0.3 is 5.97 Å². The normalized spacial score (nSPS) is 10.6. The van der Waals surface area contributed by atoms with Crippen LogP contribution in [0.3, 0.4) is 0 Å². The molecule has 0 aliphatic heterocycles. The number of hydrogen-bond donors (Lipinski definition) is 1. The van der Waals surface area contributed by atoms with Gasteiger partial charge in [-0.3, -0.25) is 4.79 Å². The zero-order valence-corrected chi connectivity index (χ0v) is 15.2. The standard InChI is InChI=1S/C23H16O6/c24-17-8-11-19-20(12-17)27-14-21(22(19)25)29-18-9-6-16(7-10-18)23(26)28-13-15-4-2-1-3-5-15/h1-12,14,24H,13H2. The van der Waals surface area contributed by atoms with Gasteiger partial charge in [0.05, 0.1) is 10.9 Å². The quantitative estimate of drug-likeness (QED) is 0.501. The summed E-state index contributed by atoms with van der Waals surface area (Å²) in [7, 11) is 0. The minimum Gasteiger partial charge on any atom is -0.508 e. The van der Waals surface area contributed by atoms with Crippen LogP contribution in [0.15, 0.2) is 88.3 Å². The van der Waals surface area contributed by atoms with Gasteiger partial charge in [0.1, 0.15) is 30.0 Å². The van der Waals surface area contributed by atoms with Crippen molar-refractivity contribution in [2.24, 2.45) is 0 Å². The third-order valence-corrected chi connectivity index (χ3v) is 4.26. The second kappa shape index (κ2) is 7.90. The first kappa shape index (κ1) is 18.3. The molecule has 6 nitrogen and oxygen atoms in total. The monoisotopic (exact) mass is 388 g/mol. The van der Waals surface area contributed by atoms with Crippen molar-refractivity contribution in [3.63, 3.8) is 0 Å². The van der Waals surface area contributed by atoms with Crippen molar-refractivity contribution in [2.45, 2.75) is 6.61 Å². The second-order valence-electron chi connectivity index (χ2n) is 6.30. The first-order valence-corrected chi connectivity index (χ1v) is 8.84. The van der Waals surface area contributed by atoms with Crippen molar-refractivity contribution in [3.05, 3.63) is 100 Å². The molecular formula is C23H16O6. The van der Waals surface area contributed by atoms with Crippen molar-refractivity contribution in [2.75, 3.05) is 0 Å². The van der Waals surface area contributed by atoms with E-state index < -0.39 is 5.97 Å². The Bertz CT molecular complexity index is 1210. The van der Waals surface area contributed by atoms with Crippen molar-refractivity contribution in [1.29, 1.82) is 0 Å². The number of esters is 1. The molecule has 0 aliphatic rings. The van der Waals surface area contributed by atoms with Crippen LogP contribution >= 0.6 is 0 Å². The number of hydrogen-bond acceptors (Lipinski definition) is 6. The first-order valence-electron chi connectivity index (χ1n) is 8.84. The molecule has 6 heteroatoms. The Morgan fingerprint density at radius 1 is 0.966 bits per heavy atom. The lowest BCUT2D eigenvalue weighted by molar-refractivity contribution is 0.0472. The predicted molar refractivity (Wildman–Crippen MR) is 106 cm³/mol. The Labute approximate surface area is 165 Å². The lowest BCUT2D eigenvalue weighted by atomic mass is 10.2. The average Bonchev–Trinajstić information content (AvgIpc) is 2.75. The summed E-state index contributed by atoms with van der Waals surface area (Å²) in [4.78, 5) is 24.7. The first-order chi connectivity index (χ1) is 14.1. The Hall–Kier alpha value is -4.06. The molecule has 0 radical (unpaired) electrons. The van der Waals surface area contributed by atoms with Crippen LogP contribution < -0.4 is 10.2 Å². The smallest absolute Gasteiger partial charge is 0.338 e. The fourth-order valence-electron chi connectivity index (χ4n) is 2.76. The third-order valence-electron chi connectivity index (χ3n) is 4.26. The number of benzene rings is 3. The van der Waals surface area contributed by atoms with Gasteiger partial charge in [-0.1, -0.05) is 30.3 Å². The van der Waals surface area contributed by atoms with E-state index in [-0.39, 0.29) is 29.1 Å². The predicted octanol–water partition coefficient (Wildman–Crippen LogP) is 4.65. The Kier molecular flexibility index (Phi) is 4.99. The minimum atomic E-state index is -0.453. The van der Waals surface area contributed by atoms with E-state index in [0.717, 1.165) is 5.56 Å². The molecule has 0 atom stereocenters. The van der Waals surface area contributed by atoms with Gasteiger partial charge in [-0.2, -0.15) is 0 Å². The molecule has 29 heavy (non-hydrogen) atoms. The number of carbonyl (C=O) groups excluding carboxylic acids is 1. The van der Waals surface area contributed by atoms with Gasteiger partial charge < -0.3 is 19.0 Å². The lowest BCUT2D eigenvalue weighted by Gasteiger charge is -2.07. The van der Waals surface area contributed by atoms with E-state index in [2.05, 4.69) is 0 Å². The summed E-state index contributed by atoms with van der Waals surface area (Å²) in [6.07, 6.45) is 1.19. The molecule has 0 unspecified atom stereocenters. The van der Waals surface area contributed by atoms with Crippen molar-refractivity contribution < 1.29 is 23.8 Å². The molecule has 4 rings (SSSR count). The summed E-state index contributed by atoms with van der Waals surface area (Å²) in [5, 5.41) is 9.76. The SMILES string of the molecule is O=C(OCc1ccccc1)c1ccc(Oc2coc3cc(O)ccc3c2=O)cc1. The van der Waals surface area contributed by atoms with E-state index in [1.54, 1.807) is 24.3 Å². The van der Waals surface area contributed by atoms with Crippen LogP contribution in [0, 0.1) is 0 Å². The van der Waals surface area contributed by atoms with E-state index in [1.807, 2.05) is 30.3 Å². The summed E-state index contributed by atoms with van der Waals surface area (Å²) in [6, 6.07) is 19.9. The molecule has 0 saturated carbocycles. The maximum atomic E-state index is 12.5. The number of ether oxygens (including phenoxy) is 2. The molecule has 1 aromatic heterocycles. The largest absolute Gasteiger partial charge is 0.508 e. The molecule has 0 amide bonds. The summed E-state index contributed by atoms with van der Waals surface area (Å²) in [6.45, 7) is 0.186. The van der Waals surface area contributed by atoms with Crippen molar-refractivity contribution in [1.82, 2.24) is 0 Å². The number of rotatable bonds is 5. The Balaban J connectivity index is 1.46. The zero-order valence-electron chi connectivity index (χ0n) is 15.2. The highest BCUT2D eigenvalue weighted by Crippen LogP contribution is 2.24. The van der Waals surface area contributed by atoms with Gasteiger partial charge in [0.2, 0.25) is 11.2 Å². The highest BCUT2D eigenvalue weighted by molar-refractivity contribution is 5.89. The molecule has 1 heterocycles. The van der Waals surface area contributed by atoms with Gasteiger partial charge in [-0.25, -0.2) is 4.79 Å². The van der Waals surface area contributed by atoms with E-state index in [9.17, 15) is 14.7 Å². The summed E-state index contributed by atoms with van der Waals surface area (Å²) in [5.74, 6) is -0.0767. The maximum absolute atomic E-state index is 12.5. The Morgan fingerprint density at radius 2 is 1.72 bits per heavy atom. The van der Waals surface area contributed by atoms with Gasteiger partial charge in [-0.05, 0) is 42.0 Å². The van der Waals surface area contributed by atoms with Crippen LogP contribution in [0.4, 0.5) is 0 Å². The molecule has 3 aromatic carbocycles. The fourth-order valence-corrected chi connectivity index (χ4v) is 2.76. The second-order valence-corrected chi connectivity index (χ2v) is 6.30. The van der Waals surface area contributed by atoms with E-state index >= 15 is 0 Å². The highest BCUT2D eigenvalue weighted by atomic mass is 16.5. The lowest BCUT2D eigenvalue weighted by Crippen LogP contribution is -2.06. The molecule has 4 aromatic rings. The fraction of sp³-hybridized carbons (Fsp3) is 0.0435. The molecule has 0 saturated heterocycles. The van der Waals surface area contributed by atoms with Gasteiger partial charge in [0.15, 0.2) is 0 Å². The zero-order chi connectivity index (χ0) is 20.2. The molecule has 0 bridgehead atoms. The van der Waals surface area contributed by atoms with Crippen LogP contribution in [0.1, 0.15) is 15.9 Å². The molecule has 0 fully saturated rings. The van der Waals surface area contributed by atoms with E-state index in [4.69, 9.17) is 13.9 Å². The summed E-state index contributed by atoms with van der Waals surface area (Å²) >= 11 is 0. The minimum absolute atomic E-state index is 0.00240. The third kappa shape index (κ3) is 4.11. The van der Waals surface area contributed by atoms with Gasteiger partial charge in [0.25, 0.3) is 0 Å². The molecule has 0 spiro atoms. The van der Waals surface area contributed by atoms with Crippen LogP contribution in [0.25, 0.3) is 11.0 Å². The van der Waals surface area contributed by atoms with E-state index in [0.29, 0.717) is 16.7 Å². The topological polar surface area (TPSA) is 86.0 Å². The molecular weight excluding hydrogens is 372 g/mol. The number of carbonyl (C=O) groups is 1. The van der Waals surface area contributed by atoms with Crippen LogP contribution in [0.2, 0.25) is 0 Å². The van der Waals surface area contributed by atoms with Crippen LogP contribution in [0.5, 0.6) is 17.2 Å². The van der Waals surface area contributed by atoms with Crippen molar-refractivity contribution >= 4 is 16.9 Å². The van der Waals surface area contributed by atoms with Gasteiger partial charge in [0, 0.05) is 6.07 Å². The van der Waals surface area contributed by atoms with Gasteiger partial charge in [-0.15, -0.1) is 0 Å². The van der Waals surface area contributed by atoms with Crippen LogP contribution in [-0.2, 0) is 11.3 Å². The molecule has 1 N–H and O–H groups in total. The molecule has 0 aliphatic carbocycles. The Morgan fingerprint density at radius 3 is 2.48 bits per heavy atom. The van der Waals surface area contributed by atoms with Crippen molar-refractivity contribution in [3.8, 4) is 17.2 Å². The number of phenolic OH excluding ortho intramolecular Hbond substituents is 1. The maximum Gasteiger partial charge on any atom is 0.338 e. The number of phenols is 1. The number of fused-ring (bicyclic) bond motifs is 1. The highest BCUT2D eigenvalue weighted by Gasteiger charge is 2.11.